The van der Waals surface area contributed by atoms with Crippen molar-refractivity contribution < 1.29 is 22.7 Å². The Morgan fingerprint density at radius 3 is 2.78 bits per heavy atom. The lowest BCUT2D eigenvalue weighted by Gasteiger charge is -2.04. The van der Waals surface area contributed by atoms with Gasteiger partial charge in [-0.15, -0.1) is 0 Å². The summed E-state index contributed by atoms with van der Waals surface area (Å²) < 4.78 is 34.9. The van der Waals surface area contributed by atoms with Crippen LogP contribution >= 0.6 is 0 Å². The van der Waals surface area contributed by atoms with Crippen molar-refractivity contribution in [3.05, 3.63) is 23.8 Å². The van der Waals surface area contributed by atoms with E-state index in [0.29, 0.717) is 17.1 Å². The van der Waals surface area contributed by atoms with Crippen LogP contribution in [0.25, 0.3) is 0 Å². The second-order valence-electron chi connectivity index (χ2n) is 3.72. The molecule has 18 heavy (non-hydrogen) atoms. The number of benzene rings is 1. The van der Waals surface area contributed by atoms with Gasteiger partial charge in [-0.1, -0.05) is 0 Å². The number of fused-ring (bicyclic) bond motifs is 1. The molecule has 0 bridgehead atoms. The predicted molar refractivity (Wildman–Crippen MR) is 64.4 cm³/mol. The van der Waals surface area contributed by atoms with Crippen molar-refractivity contribution in [2.75, 3.05) is 19.1 Å². The third-order valence-corrected chi connectivity index (χ3v) is 3.87. The van der Waals surface area contributed by atoms with Gasteiger partial charge in [-0.2, -0.15) is 0 Å². The molecule has 1 aliphatic rings. The Morgan fingerprint density at radius 1 is 1.33 bits per heavy atom. The van der Waals surface area contributed by atoms with Gasteiger partial charge in [0.1, 0.15) is 0 Å². The van der Waals surface area contributed by atoms with Crippen molar-refractivity contribution in [3.8, 4) is 11.5 Å². The summed E-state index contributed by atoms with van der Waals surface area (Å²) in [5, 5.41) is 0. The van der Waals surface area contributed by atoms with Crippen LogP contribution < -0.4 is 14.2 Å². The fraction of sp³-hybridized carbons (Fsp3) is 0.364. The minimum atomic E-state index is -3.36. The lowest BCUT2D eigenvalue weighted by Crippen LogP contribution is -2.30. The molecule has 0 amide bonds. The second-order valence-corrected chi connectivity index (χ2v) is 5.81. The van der Waals surface area contributed by atoms with E-state index in [1.54, 1.807) is 18.2 Å². The van der Waals surface area contributed by atoms with Gasteiger partial charge in [0.25, 0.3) is 0 Å². The zero-order valence-corrected chi connectivity index (χ0v) is 10.6. The Hall–Kier alpha value is -1.60. The van der Waals surface area contributed by atoms with Crippen molar-refractivity contribution in [1.29, 1.82) is 0 Å². The number of ether oxygens (including phenoxy) is 2. The van der Waals surface area contributed by atoms with Gasteiger partial charge in [-0.05, 0) is 25.1 Å². The standard InChI is InChI=1S/C11H13NO5S/c1-2-18(14,15)12-6-9(13)8-3-4-10-11(5-8)17-7-16-10/h3-5,12H,2,6-7H2,1H3. The van der Waals surface area contributed by atoms with Crippen molar-refractivity contribution >= 4 is 15.8 Å². The average molecular weight is 271 g/mol. The van der Waals surface area contributed by atoms with Crippen LogP contribution in [0.4, 0.5) is 0 Å². The van der Waals surface area contributed by atoms with Gasteiger partial charge in [0, 0.05) is 5.56 Å². The SMILES string of the molecule is CCS(=O)(=O)NCC(=O)c1ccc2c(c1)OCO2. The van der Waals surface area contributed by atoms with E-state index in [9.17, 15) is 13.2 Å². The van der Waals surface area contributed by atoms with Gasteiger partial charge in [-0.25, -0.2) is 13.1 Å². The smallest absolute Gasteiger partial charge is 0.231 e. The predicted octanol–water partition coefficient (Wildman–Crippen LogP) is 0.537. The molecule has 1 aromatic rings. The molecular formula is C11H13NO5S. The molecule has 0 saturated carbocycles. The van der Waals surface area contributed by atoms with Crippen molar-refractivity contribution in [2.24, 2.45) is 0 Å². The monoisotopic (exact) mass is 271 g/mol. The third-order valence-electron chi connectivity index (χ3n) is 2.53. The fourth-order valence-corrected chi connectivity index (χ4v) is 2.00. The molecular weight excluding hydrogens is 258 g/mol. The van der Waals surface area contributed by atoms with Gasteiger partial charge >= 0.3 is 0 Å². The maximum Gasteiger partial charge on any atom is 0.231 e. The molecule has 0 spiro atoms. The molecule has 2 rings (SSSR count). The van der Waals surface area contributed by atoms with Crippen LogP contribution in [0.2, 0.25) is 0 Å². The number of nitrogens with one attached hydrogen (secondary N) is 1. The van der Waals surface area contributed by atoms with Crippen LogP contribution in [-0.2, 0) is 10.0 Å². The molecule has 6 nitrogen and oxygen atoms in total. The number of ketones is 1. The summed E-state index contributed by atoms with van der Waals surface area (Å²) in [5.41, 5.74) is 0.387. The third kappa shape index (κ3) is 2.80. The highest BCUT2D eigenvalue weighted by Crippen LogP contribution is 2.32. The van der Waals surface area contributed by atoms with Crippen LogP contribution in [0.15, 0.2) is 18.2 Å². The summed E-state index contributed by atoms with van der Waals surface area (Å²) in [6.07, 6.45) is 0. The zero-order chi connectivity index (χ0) is 13.2. The summed E-state index contributed by atoms with van der Waals surface area (Å²) >= 11 is 0. The Bertz CT molecular complexity index is 567. The van der Waals surface area contributed by atoms with E-state index in [-0.39, 0.29) is 24.9 Å². The lowest BCUT2D eigenvalue weighted by molar-refractivity contribution is 0.0996. The largest absolute Gasteiger partial charge is 0.454 e. The molecule has 1 N–H and O–H groups in total. The number of hydrogen-bond donors (Lipinski definition) is 1. The minimum absolute atomic E-state index is 0.0541. The van der Waals surface area contributed by atoms with Crippen LogP contribution in [0.5, 0.6) is 11.5 Å². The van der Waals surface area contributed by atoms with Crippen molar-refractivity contribution in [2.45, 2.75) is 6.92 Å². The Kier molecular flexibility index (Phi) is 3.53. The van der Waals surface area contributed by atoms with Crippen LogP contribution in [0.1, 0.15) is 17.3 Å². The van der Waals surface area contributed by atoms with Gasteiger partial charge < -0.3 is 9.47 Å². The van der Waals surface area contributed by atoms with Gasteiger partial charge in [0.2, 0.25) is 16.8 Å². The molecule has 0 aromatic heterocycles. The molecule has 1 aliphatic heterocycles. The first-order chi connectivity index (χ1) is 8.52. The van der Waals surface area contributed by atoms with E-state index >= 15 is 0 Å². The number of sulfonamides is 1. The van der Waals surface area contributed by atoms with Crippen LogP contribution in [-0.4, -0.2) is 33.3 Å². The Morgan fingerprint density at radius 2 is 2.06 bits per heavy atom. The van der Waals surface area contributed by atoms with Gasteiger partial charge in [0.05, 0.1) is 12.3 Å². The highest BCUT2D eigenvalue weighted by molar-refractivity contribution is 7.89. The number of carbonyl (C=O) groups is 1. The maximum absolute atomic E-state index is 11.8. The Balaban J connectivity index is 2.06. The number of Topliss-reactive ketones (excluding diaryl/α,β-unsaturated/α-hetero) is 1. The number of rotatable bonds is 5. The fourth-order valence-electron chi connectivity index (χ4n) is 1.45. The normalized spacial score (nSPS) is 13.6. The second kappa shape index (κ2) is 4.95. The highest BCUT2D eigenvalue weighted by Gasteiger charge is 2.17. The average Bonchev–Trinajstić information content (AvgIpc) is 2.83. The zero-order valence-electron chi connectivity index (χ0n) is 9.80. The van der Waals surface area contributed by atoms with Crippen LogP contribution in [0.3, 0.4) is 0 Å². The number of hydrogen-bond acceptors (Lipinski definition) is 5. The summed E-state index contributed by atoms with van der Waals surface area (Å²) in [5.74, 6) is 0.715. The maximum atomic E-state index is 11.8. The first kappa shape index (κ1) is 12.8. The van der Waals surface area contributed by atoms with Gasteiger partial charge in [0.15, 0.2) is 17.3 Å². The molecule has 1 aromatic carbocycles. The van der Waals surface area contributed by atoms with E-state index in [1.807, 2.05) is 0 Å². The molecule has 0 fully saturated rings. The summed E-state index contributed by atoms with van der Waals surface area (Å²) in [7, 11) is -3.36. The molecule has 0 aliphatic carbocycles. The summed E-state index contributed by atoms with van der Waals surface area (Å²) in [6.45, 7) is 1.39. The highest BCUT2D eigenvalue weighted by atomic mass is 32.2. The Labute approximate surface area is 105 Å². The van der Waals surface area contributed by atoms with E-state index in [1.165, 1.54) is 6.92 Å². The molecule has 0 atom stereocenters. The first-order valence-electron chi connectivity index (χ1n) is 5.42. The van der Waals surface area contributed by atoms with E-state index in [0.717, 1.165) is 0 Å². The quantitative estimate of drug-likeness (QED) is 0.790. The first-order valence-corrected chi connectivity index (χ1v) is 7.07. The van der Waals surface area contributed by atoms with Crippen LogP contribution in [0, 0.1) is 0 Å². The minimum Gasteiger partial charge on any atom is -0.454 e. The molecule has 98 valence electrons. The van der Waals surface area contributed by atoms with Gasteiger partial charge in [-0.3, -0.25) is 4.79 Å². The van der Waals surface area contributed by atoms with E-state index in [4.69, 9.17) is 9.47 Å². The van der Waals surface area contributed by atoms with E-state index < -0.39 is 10.0 Å². The van der Waals surface area contributed by atoms with E-state index in [2.05, 4.69) is 4.72 Å². The lowest BCUT2D eigenvalue weighted by atomic mass is 10.1. The molecule has 7 heteroatoms. The summed E-state index contributed by atoms with van der Waals surface area (Å²) in [4.78, 5) is 11.8. The number of carbonyl (C=O) groups excluding carboxylic acids is 1. The summed E-state index contributed by atoms with van der Waals surface area (Å²) in [6, 6.07) is 4.75. The topological polar surface area (TPSA) is 81.7 Å². The molecule has 0 saturated heterocycles. The van der Waals surface area contributed by atoms with Crippen molar-refractivity contribution in [3.63, 3.8) is 0 Å². The molecule has 0 radical (unpaired) electrons. The molecule has 1 heterocycles. The molecule has 0 unspecified atom stereocenters. The van der Waals surface area contributed by atoms with Crippen molar-refractivity contribution in [1.82, 2.24) is 4.72 Å².